The van der Waals surface area contributed by atoms with Gasteiger partial charge in [0, 0.05) is 18.1 Å². The van der Waals surface area contributed by atoms with Crippen LogP contribution in [0.15, 0.2) is 41.8 Å². The number of nitrogens with zero attached hydrogens (tertiary/aromatic N) is 5. The Hall–Kier alpha value is -3.38. The highest BCUT2D eigenvalue weighted by atomic mass is 32.2. The first-order chi connectivity index (χ1) is 13.7. The van der Waals surface area contributed by atoms with Gasteiger partial charge in [-0.25, -0.2) is 33.3 Å². The maximum absolute atomic E-state index is 12.5. The van der Waals surface area contributed by atoms with E-state index in [-0.39, 0.29) is 4.90 Å². The zero-order valence-corrected chi connectivity index (χ0v) is 16.8. The molecule has 12 heteroatoms. The van der Waals surface area contributed by atoms with Crippen LogP contribution in [0.4, 0.5) is 10.5 Å². The summed E-state index contributed by atoms with van der Waals surface area (Å²) >= 11 is 0. The van der Waals surface area contributed by atoms with Crippen molar-refractivity contribution in [3.63, 3.8) is 0 Å². The number of hydrogen-bond donors (Lipinski definition) is 3. The summed E-state index contributed by atoms with van der Waals surface area (Å²) in [5.74, 6) is 0.780. The van der Waals surface area contributed by atoms with Crippen LogP contribution < -0.4 is 15.8 Å². The molecule has 4 N–H and O–H groups in total. The molecule has 29 heavy (non-hydrogen) atoms. The van der Waals surface area contributed by atoms with Crippen molar-refractivity contribution in [2.45, 2.75) is 31.7 Å². The molecule has 0 fully saturated rings. The minimum atomic E-state index is -3.84. The molecule has 2 aromatic heterocycles. The lowest BCUT2D eigenvalue weighted by atomic mass is 10.1. The zero-order valence-electron chi connectivity index (χ0n) is 16.0. The molecule has 11 nitrogen and oxygen atoms in total. The second-order valence-corrected chi connectivity index (χ2v) is 7.91. The number of aryl methyl sites for hydroxylation is 2. The molecule has 0 saturated heterocycles. The topological polar surface area (TPSA) is 158 Å². The number of carbonyl (C=O) groups excluding carboxylic acids is 1. The van der Waals surface area contributed by atoms with Crippen molar-refractivity contribution < 1.29 is 13.2 Å². The third-order valence-corrected chi connectivity index (χ3v) is 5.18. The molecular formula is C17H20N8O3S. The highest BCUT2D eigenvalue weighted by Gasteiger charge is 2.19. The van der Waals surface area contributed by atoms with Gasteiger partial charge in [0.15, 0.2) is 5.82 Å². The number of rotatable bonds is 5. The van der Waals surface area contributed by atoms with Gasteiger partial charge in [-0.15, -0.1) is 0 Å². The molecule has 1 aromatic carbocycles. The van der Waals surface area contributed by atoms with Crippen molar-refractivity contribution in [3.8, 4) is 5.95 Å². The smallest absolute Gasteiger partial charge is 0.319 e. The largest absolute Gasteiger partial charge is 0.328 e. The number of amides is 2. The Morgan fingerprint density at radius 2 is 1.83 bits per heavy atom. The average Bonchev–Trinajstić information content (AvgIpc) is 3.14. The lowest BCUT2D eigenvalue weighted by molar-refractivity contribution is 0.248. The van der Waals surface area contributed by atoms with Gasteiger partial charge in [0.25, 0.3) is 5.95 Å². The summed E-state index contributed by atoms with van der Waals surface area (Å²) in [7, 11) is -3.84. The fraction of sp³-hybridized carbons (Fsp3) is 0.235. The van der Waals surface area contributed by atoms with E-state index in [1.54, 1.807) is 45.3 Å². The van der Waals surface area contributed by atoms with Gasteiger partial charge in [0.2, 0.25) is 10.0 Å². The van der Waals surface area contributed by atoms with E-state index >= 15 is 0 Å². The summed E-state index contributed by atoms with van der Waals surface area (Å²) in [4.78, 5) is 24.9. The molecule has 1 atom stereocenters. The third kappa shape index (κ3) is 4.55. The van der Waals surface area contributed by atoms with Gasteiger partial charge in [0.1, 0.15) is 6.33 Å². The van der Waals surface area contributed by atoms with E-state index in [2.05, 4.69) is 30.7 Å². The van der Waals surface area contributed by atoms with E-state index < -0.39 is 22.1 Å². The fourth-order valence-electron chi connectivity index (χ4n) is 2.75. The molecule has 2 heterocycles. The number of nitrogens with one attached hydrogen (secondary N) is 2. The van der Waals surface area contributed by atoms with Gasteiger partial charge in [-0.3, -0.25) is 0 Å². The van der Waals surface area contributed by atoms with Crippen LogP contribution >= 0.6 is 0 Å². The van der Waals surface area contributed by atoms with Crippen LogP contribution in [0.1, 0.15) is 29.9 Å². The molecule has 152 valence electrons. The number of nitrogens with two attached hydrogens (primary N) is 1. The normalized spacial score (nSPS) is 12.4. The first-order valence-corrected chi connectivity index (χ1v) is 10.1. The molecule has 2 amide bonds. The monoisotopic (exact) mass is 416 g/mol. The molecule has 0 spiro atoms. The molecule has 3 aromatic rings. The Balaban J connectivity index is 1.76. The summed E-state index contributed by atoms with van der Waals surface area (Å²) in [5.41, 5.74) is 1.46. The number of primary sulfonamides is 1. The lowest BCUT2D eigenvalue weighted by Gasteiger charge is -2.16. The second kappa shape index (κ2) is 7.93. The van der Waals surface area contributed by atoms with Gasteiger partial charge in [-0.2, -0.15) is 9.78 Å². The lowest BCUT2D eigenvalue weighted by Crippen LogP contribution is -2.33. The molecule has 0 saturated carbocycles. The highest BCUT2D eigenvalue weighted by molar-refractivity contribution is 7.89. The minimum absolute atomic E-state index is 0.0188. The van der Waals surface area contributed by atoms with Crippen LogP contribution in [0.3, 0.4) is 0 Å². The predicted octanol–water partition coefficient (Wildman–Crippen LogP) is 1.20. The zero-order chi connectivity index (χ0) is 21.2. The summed E-state index contributed by atoms with van der Waals surface area (Å²) in [6.45, 7) is 5.02. The maximum Gasteiger partial charge on any atom is 0.319 e. The van der Waals surface area contributed by atoms with E-state index in [4.69, 9.17) is 5.14 Å². The number of anilines is 1. The Bertz CT molecular complexity index is 1140. The highest BCUT2D eigenvalue weighted by Crippen LogP contribution is 2.23. The number of aromatic nitrogens is 5. The van der Waals surface area contributed by atoms with Crippen LogP contribution in [-0.2, 0) is 10.0 Å². The van der Waals surface area contributed by atoms with Gasteiger partial charge in [-0.05, 0) is 50.1 Å². The molecule has 0 aliphatic rings. The van der Waals surface area contributed by atoms with Gasteiger partial charge >= 0.3 is 6.03 Å². The Morgan fingerprint density at radius 1 is 1.14 bits per heavy atom. The summed E-state index contributed by atoms with van der Waals surface area (Å²) < 4.78 is 24.7. The van der Waals surface area contributed by atoms with Crippen molar-refractivity contribution in [3.05, 3.63) is 53.9 Å². The maximum atomic E-state index is 12.5. The number of carbonyl (C=O) groups is 1. The SMILES string of the molecule is Cc1cc(S(N)(=O)=O)c(C)cc1NC(=O)N[C@@H](C)c1ncnn1-c1ncccn1. The quantitative estimate of drug-likeness (QED) is 0.564. The van der Waals surface area contributed by atoms with E-state index in [9.17, 15) is 13.2 Å². The molecule has 0 aliphatic heterocycles. The Morgan fingerprint density at radius 3 is 2.48 bits per heavy atom. The summed E-state index contributed by atoms with van der Waals surface area (Å²) in [6.07, 6.45) is 4.51. The van der Waals surface area contributed by atoms with Gasteiger partial charge in [0.05, 0.1) is 10.9 Å². The van der Waals surface area contributed by atoms with Crippen LogP contribution in [-0.4, -0.2) is 39.2 Å². The van der Waals surface area contributed by atoms with Gasteiger partial charge < -0.3 is 10.6 Å². The van der Waals surface area contributed by atoms with Crippen LogP contribution in [0.5, 0.6) is 0 Å². The number of benzene rings is 1. The average molecular weight is 416 g/mol. The summed E-state index contributed by atoms with van der Waals surface area (Å²) in [5, 5.41) is 14.8. The van der Waals surface area contributed by atoms with Crippen LogP contribution in [0.2, 0.25) is 0 Å². The standard InChI is InChI=1S/C17H20N8O3S/c1-10-8-14(29(18,27)28)11(2)7-13(10)24-17(26)23-12(3)15-21-9-22-25(15)16-19-5-4-6-20-16/h4-9,12H,1-3H3,(H2,18,27,28)(H2,23,24,26)/t12-/m0/s1. The van der Waals surface area contributed by atoms with Crippen LogP contribution in [0.25, 0.3) is 5.95 Å². The molecule has 3 rings (SSSR count). The minimum Gasteiger partial charge on any atom is -0.328 e. The number of sulfonamides is 1. The first-order valence-electron chi connectivity index (χ1n) is 8.55. The molecule has 0 aliphatic carbocycles. The van der Waals surface area contributed by atoms with Crippen molar-refractivity contribution in [2.75, 3.05) is 5.32 Å². The molecule has 0 bridgehead atoms. The number of hydrogen-bond acceptors (Lipinski definition) is 7. The van der Waals surface area contributed by atoms with Crippen molar-refractivity contribution in [1.82, 2.24) is 30.0 Å². The first kappa shape index (κ1) is 20.4. The van der Waals surface area contributed by atoms with E-state index in [1.807, 2.05) is 0 Å². The molecular weight excluding hydrogens is 396 g/mol. The number of urea groups is 1. The van der Waals surface area contributed by atoms with Gasteiger partial charge in [-0.1, -0.05) is 0 Å². The fourth-order valence-corrected chi connectivity index (χ4v) is 3.60. The molecule has 0 radical (unpaired) electrons. The Kier molecular flexibility index (Phi) is 5.57. The van der Waals surface area contributed by atoms with E-state index in [1.165, 1.54) is 17.1 Å². The van der Waals surface area contributed by atoms with E-state index in [0.29, 0.717) is 28.6 Å². The Labute approximate surface area is 167 Å². The van der Waals surface area contributed by atoms with Crippen LogP contribution in [0, 0.1) is 13.8 Å². The summed E-state index contributed by atoms with van der Waals surface area (Å²) in [6, 6.07) is 3.66. The van der Waals surface area contributed by atoms with Crippen molar-refractivity contribution in [2.24, 2.45) is 5.14 Å². The second-order valence-electron chi connectivity index (χ2n) is 6.38. The molecule has 0 unspecified atom stereocenters. The van der Waals surface area contributed by atoms with Crippen molar-refractivity contribution >= 4 is 21.7 Å². The van der Waals surface area contributed by atoms with Crippen molar-refractivity contribution in [1.29, 1.82) is 0 Å². The third-order valence-electron chi connectivity index (χ3n) is 4.13. The predicted molar refractivity (Wildman–Crippen MR) is 105 cm³/mol. The van der Waals surface area contributed by atoms with E-state index in [0.717, 1.165) is 0 Å².